The summed E-state index contributed by atoms with van der Waals surface area (Å²) in [7, 11) is 0. The Labute approximate surface area is 86.4 Å². The van der Waals surface area contributed by atoms with Crippen molar-refractivity contribution in [2.75, 3.05) is 0 Å². The second-order valence-electron chi connectivity index (χ2n) is 3.65. The van der Waals surface area contributed by atoms with E-state index in [2.05, 4.69) is 9.97 Å². The predicted molar refractivity (Wildman–Crippen MR) is 54.0 cm³/mol. The third-order valence-electron chi connectivity index (χ3n) is 2.16. The minimum absolute atomic E-state index is 0.0170. The van der Waals surface area contributed by atoms with Crippen molar-refractivity contribution in [1.82, 2.24) is 14.4 Å². The van der Waals surface area contributed by atoms with E-state index >= 15 is 0 Å². The fourth-order valence-corrected chi connectivity index (χ4v) is 1.29. The van der Waals surface area contributed by atoms with Gasteiger partial charge in [-0.15, -0.1) is 0 Å². The predicted octanol–water partition coefficient (Wildman–Crippen LogP) is 1.55. The Balaban J connectivity index is 2.57. The van der Waals surface area contributed by atoms with E-state index in [0.29, 0.717) is 11.7 Å². The molecule has 0 aliphatic carbocycles. The first-order valence-electron chi connectivity index (χ1n) is 4.67. The lowest BCUT2D eigenvalue weighted by Gasteiger charge is -1.94. The van der Waals surface area contributed by atoms with E-state index in [1.807, 2.05) is 20.0 Å². The number of aromatic carboxylic acids is 1. The van der Waals surface area contributed by atoms with Crippen molar-refractivity contribution in [3.8, 4) is 0 Å². The molecule has 0 atom stereocenters. The zero-order chi connectivity index (χ0) is 11.0. The standard InChI is InChI=1S/C10H11N3O2/c1-6(2)8-5-13-4-3-7(9(14)15)11-10(13)12-8/h3-6H,1-2H3,(H,14,15). The highest BCUT2D eigenvalue weighted by Crippen LogP contribution is 2.13. The Bertz CT molecular complexity index is 516. The average Bonchev–Trinajstić information content (AvgIpc) is 2.59. The lowest BCUT2D eigenvalue weighted by molar-refractivity contribution is 0.0690. The van der Waals surface area contributed by atoms with Gasteiger partial charge in [0.25, 0.3) is 0 Å². The minimum atomic E-state index is -1.04. The third kappa shape index (κ3) is 1.68. The quantitative estimate of drug-likeness (QED) is 0.807. The number of carboxylic acids is 1. The Morgan fingerprint density at radius 1 is 1.47 bits per heavy atom. The summed E-state index contributed by atoms with van der Waals surface area (Å²) in [6, 6.07) is 1.46. The number of fused-ring (bicyclic) bond motifs is 1. The molecule has 0 saturated carbocycles. The van der Waals surface area contributed by atoms with Gasteiger partial charge >= 0.3 is 5.97 Å². The topological polar surface area (TPSA) is 67.5 Å². The fourth-order valence-electron chi connectivity index (χ4n) is 1.29. The van der Waals surface area contributed by atoms with Gasteiger partial charge in [0.1, 0.15) is 0 Å². The molecule has 0 bridgehead atoms. The van der Waals surface area contributed by atoms with Gasteiger partial charge in [0.05, 0.1) is 5.69 Å². The summed E-state index contributed by atoms with van der Waals surface area (Å²) in [6.07, 6.45) is 3.52. The summed E-state index contributed by atoms with van der Waals surface area (Å²) in [5.41, 5.74) is 0.924. The molecule has 2 aromatic rings. The molecule has 0 spiro atoms. The Hall–Kier alpha value is -1.91. The summed E-state index contributed by atoms with van der Waals surface area (Å²) in [4.78, 5) is 18.9. The number of hydrogen-bond donors (Lipinski definition) is 1. The molecule has 0 aliphatic rings. The van der Waals surface area contributed by atoms with Crippen LogP contribution in [-0.2, 0) is 0 Å². The van der Waals surface area contributed by atoms with E-state index in [0.717, 1.165) is 5.69 Å². The molecule has 5 heteroatoms. The maximum atomic E-state index is 10.7. The highest BCUT2D eigenvalue weighted by molar-refractivity contribution is 5.85. The van der Waals surface area contributed by atoms with E-state index in [1.165, 1.54) is 6.07 Å². The van der Waals surface area contributed by atoms with Gasteiger partial charge in [-0.3, -0.25) is 4.40 Å². The summed E-state index contributed by atoms with van der Waals surface area (Å²) >= 11 is 0. The summed E-state index contributed by atoms with van der Waals surface area (Å²) in [6.45, 7) is 4.06. The van der Waals surface area contributed by atoms with Crippen molar-refractivity contribution >= 4 is 11.7 Å². The van der Waals surface area contributed by atoms with Crippen LogP contribution in [0.1, 0.15) is 35.9 Å². The Morgan fingerprint density at radius 3 is 2.80 bits per heavy atom. The van der Waals surface area contributed by atoms with E-state index < -0.39 is 5.97 Å². The third-order valence-corrected chi connectivity index (χ3v) is 2.16. The van der Waals surface area contributed by atoms with Crippen LogP contribution in [0.2, 0.25) is 0 Å². The van der Waals surface area contributed by atoms with Crippen LogP contribution in [0.3, 0.4) is 0 Å². The molecule has 5 nitrogen and oxygen atoms in total. The van der Waals surface area contributed by atoms with Crippen molar-refractivity contribution in [1.29, 1.82) is 0 Å². The summed E-state index contributed by atoms with van der Waals surface area (Å²) in [5.74, 6) is -0.301. The number of nitrogens with zero attached hydrogens (tertiary/aromatic N) is 3. The summed E-state index contributed by atoms with van der Waals surface area (Å²) < 4.78 is 1.72. The van der Waals surface area contributed by atoms with Crippen molar-refractivity contribution in [3.63, 3.8) is 0 Å². The van der Waals surface area contributed by atoms with E-state index in [4.69, 9.17) is 5.11 Å². The van der Waals surface area contributed by atoms with E-state index in [9.17, 15) is 4.79 Å². The number of imidazole rings is 1. The molecule has 2 heterocycles. The highest BCUT2D eigenvalue weighted by Gasteiger charge is 2.09. The zero-order valence-corrected chi connectivity index (χ0v) is 8.51. The van der Waals surface area contributed by atoms with Crippen LogP contribution in [0.5, 0.6) is 0 Å². The molecule has 0 saturated heterocycles. The molecule has 0 aliphatic heterocycles. The second-order valence-corrected chi connectivity index (χ2v) is 3.65. The Kier molecular flexibility index (Phi) is 2.15. The van der Waals surface area contributed by atoms with Gasteiger partial charge in [-0.1, -0.05) is 13.8 Å². The van der Waals surface area contributed by atoms with Crippen LogP contribution in [0.4, 0.5) is 0 Å². The number of carboxylic acid groups (broad SMARTS) is 1. The first-order valence-corrected chi connectivity index (χ1v) is 4.67. The molecule has 0 unspecified atom stereocenters. The summed E-state index contributed by atoms with van der Waals surface area (Å²) in [5, 5.41) is 8.76. The number of carbonyl (C=O) groups is 1. The van der Waals surface area contributed by atoms with E-state index in [-0.39, 0.29) is 5.69 Å². The van der Waals surface area contributed by atoms with Crippen LogP contribution in [-0.4, -0.2) is 25.4 Å². The maximum absolute atomic E-state index is 10.7. The molecule has 15 heavy (non-hydrogen) atoms. The van der Waals surface area contributed by atoms with Gasteiger partial charge in [-0.2, -0.15) is 0 Å². The van der Waals surface area contributed by atoms with E-state index in [1.54, 1.807) is 10.6 Å². The number of hydrogen-bond acceptors (Lipinski definition) is 3. The zero-order valence-electron chi connectivity index (χ0n) is 8.51. The first kappa shape index (κ1) is 9.64. The lowest BCUT2D eigenvalue weighted by Crippen LogP contribution is -2.01. The molecule has 0 amide bonds. The molecule has 0 radical (unpaired) electrons. The van der Waals surface area contributed by atoms with Gasteiger partial charge in [-0.05, 0) is 12.0 Å². The van der Waals surface area contributed by atoms with Gasteiger partial charge < -0.3 is 5.11 Å². The van der Waals surface area contributed by atoms with Gasteiger partial charge in [-0.25, -0.2) is 14.8 Å². The van der Waals surface area contributed by atoms with Crippen LogP contribution in [0.25, 0.3) is 5.78 Å². The van der Waals surface area contributed by atoms with Crippen molar-refractivity contribution < 1.29 is 9.90 Å². The normalized spacial score (nSPS) is 11.1. The molecule has 78 valence electrons. The SMILES string of the molecule is CC(C)c1cn2ccc(C(=O)O)nc2n1. The number of aromatic nitrogens is 3. The van der Waals surface area contributed by atoms with Gasteiger partial charge in [0.2, 0.25) is 5.78 Å². The second kappa shape index (κ2) is 3.34. The van der Waals surface area contributed by atoms with Crippen LogP contribution < -0.4 is 0 Å². The van der Waals surface area contributed by atoms with Crippen molar-refractivity contribution in [2.45, 2.75) is 19.8 Å². The van der Waals surface area contributed by atoms with Crippen LogP contribution in [0, 0.1) is 0 Å². The maximum Gasteiger partial charge on any atom is 0.354 e. The van der Waals surface area contributed by atoms with Crippen molar-refractivity contribution in [3.05, 3.63) is 29.8 Å². The average molecular weight is 205 g/mol. The molecule has 0 aromatic carbocycles. The van der Waals surface area contributed by atoms with Crippen molar-refractivity contribution in [2.24, 2.45) is 0 Å². The minimum Gasteiger partial charge on any atom is -0.477 e. The fraction of sp³-hybridized carbons (Fsp3) is 0.300. The molecule has 1 N–H and O–H groups in total. The van der Waals surface area contributed by atoms with Crippen LogP contribution >= 0.6 is 0 Å². The monoisotopic (exact) mass is 205 g/mol. The molecule has 2 aromatic heterocycles. The largest absolute Gasteiger partial charge is 0.477 e. The highest BCUT2D eigenvalue weighted by atomic mass is 16.4. The smallest absolute Gasteiger partial charge is 0.354 e. The molecular formula is C10H11N3O2. The van der Waals surface area contributed by atoms with Crippen LogP contribution in [0.15, 0.2) is 18.5 Å². The van der Waals surface area contributed by atoms with Gasteiger partial charge in [0, 0.05) is 12.4 Å². The first-order chi connectivity index (χ1) is 7.08. The molecule has 2 rings (SSSR count). The molecular weight excluding hydrogens is 194 g/mol. The van der Waals surface area contributed by atoms with Gasteiger partial charge in [0.15, 0.2) is 5.69 Å². The number of rotatable bonds is 2. The molecule has 0 fully saturated rings. The Morgan fingerprint density at radius 2 is 2.20 bits per heavy atom. The lowest BCUT2D eigenvalue weighted by atomic mass is 10.2.